The van der Waals surface area contributed by atoms with Gasteiger partial charge in [0.25, 0.3) is 0 Å². The minimum atomic E-state index is -0.694. The summed E-state index contributed by atoms with van der Waals surface area (Å²) in [5.74, 6) is -2.01. The third kappa shape index (κ3) is 4.00. The summed E-state index contributed by atoms with van der Waals surface area (Å²) in [5.41, 5.74) is 4.15. The van der Waals surface area contributed by atoms with Gasteiger partial charge in [-0.2, -0.15) is 0 Å². The van der Waals surface area contributed by atoms with Crippen molar-refractivity contribution in [2.45, 2.75) is 51.9 Å². The van der Waals surface area contributed by atoms with Gasteiger partial charge in [-0.05, 0) is 58.9 Å². The molecular weight excluding hydrogens is 405 g/mol. The molecule has 0 unspecified atom stereocenters. The molecule has 0 fully saturated rings. The maximum atomic E-state index is 15.3. The van der Waals surface area contributed by atoms with Crippen molar-refractivity contribution in [2.24, 2.45) is 0 Å². The molecule has 4 heteroatoms. The Hall–Kier alpha value is -2.26. The molecule has 3 aromatic rings. The zero-order valence-corrected chi connectivity index (χ0v) is 17.8. The van der Waals surface area contributed by atoms with Gasteiger partial charge in [-0.1, -0.05) is 68.5 Å². The molecule has 0 radical (unpaired) electrons. The molecule has 3 aromatic carbocycles. The topological polar surface area (TPSA) is 0 Å². The molecule has 30 heavy (non-hydrogen) atoms. The Balaban J connectivity index is 1.62. The van der Waals surface area contributed by atoms with E-state index in [1.165, 1.54) is 49.4 Å². The number of fused-ring (bicyclic) bond motifs is 3. The Morgan fingerprint density at radius 3 is 2.40 bits per heavy atom. The number of halogens is 4. The Morgan fingerprint density at radius 1 is 0.833 bits per heavy atom. The number of hydrogen-bond donors (Lipinski definition) is 0. The van der Waals surface area contributed by atoms with Crippen LogP contribution in [0, 0.1) is 17.5 Å². The lowest BCUT2D eigenvalue weighted by atomic mass is 9.97. The van der Waals surface area contributed by atoms with E-state index in [-0.39, 0.29) is 16.1 Å². The second-order valence-electron chi connectivity index (χ2n) is 8.03. The monoisotopic (exact) mass is 428 g/mol. The van der Waals surface area contributed by atoms with E-state index in [2.05, 4.69) is 19.1 Å². The summed E-state index contributed by atoms with van der Waals surface area (Å²) in [6, 6.07) is 11.4. The average molecular weight is 429 g/mol. The molecule has 0 saturated heterocycles. The molecule has 4 rings (SSSR count). The van der Waals surface area contributed by atoms with E-state index in [0.29, 0.717) is 17.5 Å². The molecule has 0 aliphatic heterocycles. The van der Waals surface area contributed by atoms with Crippen LogP contribution in [0.3, 0.4) is 0 Å². The third-order valence-corrected chi connectivity index (χ3v) is 6.23. The maximum Gasteiger partial charge on any atom is 0.142 e. The SMILES string of the molecule is CCCCCCCc1ccc2c(c1)Cc1c-2cc(F)c(-c2ccc(Cl)c(F)c2)c1F. The standard InChI is InChI=1S/C26H24ClF3/c1-2-3-4-5-6-7-16-8-10-19-18(12-16)13-21-20(19)15-24(29)25(26(21)30)17-9-11-22(27)23(28)14-17/h8-12,14-15H,2-7,13H2,1H3. The summed E-state index contributed by atoms with van der Waals surface area (Å²) >= 11 is 5.72. The molecule has 0 bridgehead atoms. The van der Waals surface area contributed by atoms with Gasteiger partial charge in [0.15, 0.2) is 0 Å². The van der Waals surface area contributed by atoms with E-state index in [9.17, 15) is 8.78 Å². The first-order chi connectivity index (χ1) is 14.5. The van der Waals surface area contributed by atoms with Gasteiger partial charge in [0.1, 0.15) is 17.5 Å². The molecule has 0 atom stereocenters. The Morgan fingerprint density at radius 2 is 1.63 bits per heavy atom. The molecule has 0 saturated carbocycles. The largest absolute Gasteiger partial charge is 0.206 e. The highest BCUT2D eigenvalue weighted by molar-refractivity contribution is 6.30. The van der Waals surface area contributed by atoms with E-state index >= 15 is 4.39 Å². The molecule has 0 heterocycles. The highest BCUT2D eigenvalue weighted by Crippen LogP contribution is 2.43. The second-order valence-corrected chi connectivity index (χ2v) is 8.44. The van der Waals surface area contributed by atoms with Crippen LogP contribution in [0.1, 0.15) is 55.7 Å². The van der Waals surface area contributed by atoms with Crippen LogP contribution in [-0.2, 0) is 12.8 Å². The molecule has 1 aliphatic rings. The van der Waals surface area contributed by atoms with Crippen LogP contribution in [0.2, 0.25) is 5.02 Å². The maximum absolute atomic E-state index is 15.3. The molecule has 0 spiro atoms. The van der Waals surface area contributed by atoms with Crippen molar-refractivity contribution in [1.82, 2.24) is 0 Å². The summed E-state index contributed by atoms with van der Waals surface area (Å²) in [7, 11) is 0. The molecule has 0 aromatic heterocycles. The zero-order chi connectivity index (χ0) is 21.3. The van der Waals surface area contributed by atoms with E-state index in [0.717, 1.165) is 30.0 Å². The fraction of sp³-hybridized carbons (Fsp3) is 0.308. The Bertz CT molecular complexity index is 1090. The average Bonchev–Trinajstić information content (AvgIpc) is 3.08. The quantitative estimate of drug-likeness (QED) is 0.259. The molecule has 0 amide bonds. The van der Waals surface area contributed by atoms with Crippen LogP contribution in [-0.4, -0.2) is 0 Å². The van der Waals surface area contributed by atoms with Crippen LogP contribution < -0.4 is 0 Å². The summed E-state index contributed by atoms with van der Waals surface area (Å²) in [6.07, 6.45) is 7.52. The summed E-state index contributed by atoms with van der Waals surface area (Å²) in [4.78, 5) is 0. The van der Waals surface area contributed by atoms with Crippen molar-refractivity contribution in [1.29, 1.82) is 0 Å². The predicted molar refractivity (Wildman–Crippen MR) is 117 cm³/mol. The Labute approximate surface area is 180 Å². The van der Waals surface area contributed by atoms with Gasteiger partial charge in [0.05, 0.1) is 10.6 Å². The number of benzene rings is 3. The lowest BCUT2D eigenvalue weighted by molar-refractivity contribution is 0.582. The van der Waals surface area contributed by atoms with Gasteiger partial charge < -0.3 is 0 Å². The van der Waals surface area contributed by atoms with E-state index in [1.807, 2.05) is 6.07 Å². The minimum Gasteiger partial charge on any atom is -0.206 e. The molecule has 1 aliphatic carbocycles. The summed E-state index contributed by atoms with van der Waals surface area (Å²) in [6.45, 7) is 2.20. The highest BCUT2D eigenvalue weighted by Gasteiger charge is 2.27. The number of hydrogen-bond acceptors (Lipinski definition) is 0. The summed E-state index contributed by atoms with van der Waals surface area (Å²) in [5, 5.41) is -0.0737. The number of rotatable bonds is 7. The normalized spacial score (nSPS) is 12.2. The lowest BCUT2D eigenvalue weighted by Gasteiger charge is -2.11. The molecule has 0 N–H and O–H groups in total. The first-order valence-electron chi connectivity index (χ1n) is 10.6. The van der Waals surface area contributed by atoms with Crippen molar-refractivity contribution in [3.8, 4) is 22.3 Å². The first kappa shape index (κ1) is 21.0. The minimum absolute atomic E-state index is 0.0737. The smallest absolute Gasteiger partial charge is 0.142 e. The van der Waals surface area contributed by atoms with Gasteiger partial charge >= 0.3 is 0 Å². The highest BCUT2D eigenvalue weighted by atomic mass is 35.5. The zero-order valence-electron chi connectivity index (χ0n) is 17.0. The van der Waals surface area contributed by atoms with Crippen molar-refractivity contribution >= 4 is 11.6 Å². The van der Waals surface area contributed by atoms with Crippen LogP contribution in [0.4, 0.5) is 13.2 Å². The predicted octanol–water partition coefficient (Wildman–Crippen LogP) is 8.51. The first-order valence-corrected chi connectivity index (χ1v) is 11.0. The Kier molecular flexibility index (Phi) is 6.19. The van der Waals surface area contributed by atoms with Gasteiger partial charge in [0, 0.05) is 12.0 Å². The fourth-order valence-corrected chi connectivity index (χ4v) is 4.44. The van der Waals surface area contributed by atoms with E-state index in [4.69, 9.17) is 11.6 Å². The summed E-state index contributed by atoms with van der Waals surface area (Å²) < 4.78 is 44.1. The van der Waals surface area contributed by atoms with Gasteiger partial charge in [-0.3, -0.25) is 0 Å². The number of aryl methyl sites for hydroxylation is 1. The van der Waals surface area contributed by atoms with Crippen molar-refractivity contribution in [2.75, 3.05) is 0 Å². The van der Waals surface area contributed by atoms with Crippen LogP contribution in [0.5, 0.6) is 0 Å². The van der Waals surface area contributed by atoms with Gasteiger partial charge in [-0.15, -0.1) is 0 Å². The van der Waals surface area contributed by atoms with Gasteiger partial charge in [0.2, 0.25) is 0 Å². The second kappa shape index (κ2) is 8.85. The molecule has 156 valence electrons. The van der Waals surface area contributed by atoms with Crippen LogP contribution >= 0.6 is 11.6 Å². The molecular formula is C26H24ClF3. The van der Waals surface area contributed by atoms with Crippen molar-refractivity contribution in [3.63, 3.8) is 0 Å². The number of unbranched alkanes of at least 4 members (excludes halogenated alkanes) is 4. The van der Waals surface area contributed by atoms with E-state index in [1.54, 1.807) is 0 Å². The van der Waals surface area contributed by atoms with Crippen LogP contribution in [0.15, 0.2) is 42.5 Å². The molecule has 0 nitrogen and oxygen atoms in total. The lowest BCUT2D eigenvalue weighted by Crippen LogP contribution is -1.97. The van der Waals surface area contributed by atoms with Crippen LogP contribution in [0.25, 0.3) is 22.3 Å². The van der Waals surface area contributed by atoms with Crippen molar-refractivity contribution < 1.29 is 13.2 Å². The van der Waals surface area contributed by atoms with E-state index < -0.39 is 17.5 Å². The van der Waals surface area contributed by atoms with Gasteiger partial charge in [-0.25, -0.2) is 13.2 Å². The fourth-order valence-electron chi connectivity index (χ4n) is 4.32. The van der Waals surface area contributed by atoms with Crippen molar-refractivity contribution in [3.05, 3.63) is 81.6 Å². The third-order valence-electron chi connectivity index (χ3n) is 5.92.